The third kappa shape index (κ3) is 3.29. The van der Waals surface area contributed by atoms with E-state index in [1.165, 1.54) is 12.1 Å². The first-order valence-electron chi connectivity index (χ1n) is 5.11. The fraction of sp³-hybridized carbons (Fsp3) is 0.500. The molecule has 1 rings (SSSR count). The molecule has 1 N–H and O–H groups in total. The molecular formula is C12H17FO2. The molecule has 0 amide bonds. The minimum Gasteiger partial charge on any atom is -0.386 e. The Morgan fingerprint density at radius 3 is 2.60 bits per heavy atom. The Morgan fingerprint density at radius 1 is 1.40 bits per heavy atom. The van der Waals surface area contributed by atoms with Crippen molar-refractivity contribution >= 4 is 0 Å². The van der Waals surface area contributed by atoms with E-state index >= 15 is 0 Å². The average molecular weight is 212 g/mol. The van der Waals surface area contributed by atoms with Crippen molar-refractivity contribution in [1.82, 2.24) is 0 Å². The van der Waals surface area contributed by atoms with Gasteiger partial charge in [-0.2, -0.15) is 0 Å². The zero-order chi connectivity index (χ0) is 11.4. The fourth-order valence-electron chi connectivity index (χ4n) is 1.56. The van der Waals surface area contributed by atoms with Gasteiger partial charge in [0.05, 0.1) is 6.10 Å². The topological polar surface area (TPSA) is 29.5 Å². The van der Waals surface area contributed by atoms with Gasteiger partial charge < -0.3 is 9.84 Å². The Bertz CT molecular complexity index is 305. The Hall–Kier alpha value is -0.930. The highest BCUT2D eigenvalue weighted by Gasteiger charge is 2.17. The van der Waals surface area contributed by atoms with Gasteiger partial charge in [0.25, 0.3) is 0 Å². The minimum atomic E-state index is -0.778. The summed E-state index contributed by atoms with van der Waals surface area (Å²) in [5.74, 6) is -0.326. The van der Waals surface area contributed by atoms with E-state index in [0.29, 0.717) is 12.2 Å². The van der Waals surface area contributed by atoms with E-state index in [-0.39, 0.29) is 11.9 Å². The van der Waals surface area contributed by atoms with E-state index in [1.54, 1.807) is 19.9 Å². The lowest BCUT2D eigenvalue weighted by Crippen LogP contribution is -2.18. The average Bonchev–Trinajstić information content (AvgIpc) is 2.15. The summed E-state index contributed by atoms with van der Waals surface area (Å²) >= 11 is 0. The van der Waals surface area contributed by atoms with Crippen LogP contribution < -0.4 is 0 Å². The van der Waals surface area contributed by atoms with Gasteiger partial charge in [0.15, 0.2) is 0 Å². The van der Waals surface area contributed by atoms with Gasteiger partial charge in [0.1, 0.15) is 11.9 Å². The first-order valence-corrected chi connectivity index (χ1v) is 5.11. The molecule has 0 aliphatic rings. The van der Waals surface area contributed by atoms with E-state index in [1.807, 2.05) is 6.92 Å². The zero-order valence-electron chi connectivity index (χ0n) is 9.33. The lowest BCUT2D eigenvalue weighted by Gasteiger charge is -2.19. The molecule has 0 radical (unpaired) electrons. The Labute approximate surface area is 89.7 Å². The van der Waals surface area contributed by atoms with Gasteiger partial charge in [0, 0.05) is 6.61 Å². The summed E-state index contributed by atoms with van der Waals surface area (Å²) in [4.78, 5) is 0. The number of aliphatic hydroxyl groups is 1. The summed E-state index contributed by atoms with van der Waals surface area (Å²) in [6.07, 6.45) is -1.10. The number of aryl methyl sites for hydroxylation is 1. The molecule has 2 unspecified atom stereocenters. The van der Waals surface area contributed by atoms with Gasteiger partial charge in [-0.15, -0.1) is 0 Å². The van der Waals surface area contributed by atoms with Crippen LogP contribution in [0.5, 0.6) is 0 Å². The third-order valence-electron chi connectivity index (χ3n) is 2.28. The van der Waals surface area contributed by atoms with Crippen molar-refractivity contribution in [2.75, 3.05) is 6.61 Å². The van der Waals surface area contributed by atoms with E-state index < -0.39 is 6.10 Å². The Balaban J connectivity index is 2.85. The summed E-state index contributed by atoms with van der Waals surface area (Å²) in [5.41, 5.74) is 1.36. The van der Waals surface area contributed by atoms with Crippen LogP contribution in [0, 0.1) is 12.7 Å². The lowest BCUT2D eigenvalue weighted by atomic mass is 10.0. The number of hydrogen-bond donors (Lipinski definition) is 1. The first-order chi connectivity index (χ1) is 7.04. The molecular weight excluding hydrogens is 195 g/mol. The first kappa shape index (κ1) is 12.1. The molecule has 0 saturated carbocycles. The molecule has 84 valence electrons. The van der Waals surface area contributed by atoms with Crippen LogP contribution in [0.4, 0.5) is 4.39 Å². The summed E-state index contributed by atoms with van der Waals surface area (Å²) < 4.78 is 18.4. The van der Waals surface area contributed by atoms with Crippen molar-refractivity contribution in [3.8, 4) is 0 Å². The standard InChI is InChI=1S/C12H17FO2/c1-4-15-9(3)12(14)10-5-8(2)6-11(13)7-10/h5-7,9,12,14H,4H2,1-3H3. The van der Waals surface area contributed by atoms with Crippen molar-refractivity contribution in [3.63, 3.8) is 0 Å². The van der Waals surface area contributed by atoms with Crippen molar-refractivity contribution in [3.05, 3.63) is 35.1 Å². The summed E-state index contributed by atoms with van der Waals surface area (Å²) in [7, 11) is 0. The van der Waals surface area contributed by atoms with Crippen LogP contribution in [0.25, 0.3) is 0 Å². The van der Waals surface area contributed by atoms with Gasteiger partial charge in [-0.05, 0) is 44.0 Å². The van der Waals surface area contributed by atoms with Crippen LogP contribution in [0.15, 0.2) is 18.2 Å². The molecule has 2 nitrogen and oxygen atoms in total. The van der Waals surface area contributed by atoms with E-state index in [2.05, 4.69) is 0 Å². The maximum absolute atomic E-state index is 13.1. The smallest absolute Gasteiger partial charge is 0.123 e. The molecule has 15 heavy (non-hydrogen) atoms. The van der Waals surface area contributed by atoms with Crippen molar-refractivity contribution in [2.24, 2.45) is 0 Å². The molecule has 0 aliphatic heterocycles. The minimum absolute atomic E-state index is 0.323. The van der Waals surface area contributed by atoms with Crippen LogP contribution >= 0.6 is 0 Å². The highest BCUT2D eigenvalue weighted by Crippen LogP contribution is 2.21. The highest BCUT2D eigenvalue weighted by molar-refractivity contribution is 5.25. The van der Waals surface area contributed by atoms with Gasteiger partial charge in [-0.3, -0.25) is 0 Å². The van der Waals surface area contributed by atoms with Crippen LogP contribution in [-0.2, 0) is 4.74 Å². The molecule has 1 aromatic carbocycles. The predicted octanol–water partition coefficient (Wildman–Crippen LogP) is 2.59. The van der Waals surface area contributed by atoms with Gasteiger partial charge >= 0.3 is 0 Å². The molecule has 0 aliphatic carbocycles. The number of hydrogen-bond acceptors (Lipinski definition) is 2. The van der Waals surface area contributed by atoms with Crippen molar-refractivity contribution < 1.29 is 14.2 Å². The van der Waals surface area contributed by atoms with E-state index in [4.69, 9.17) is 4.74 Å². The van der Waals surface area contributed by atoms with Crippen LogP contribution in [-0.4, -0.2) is 17.8 Å². The molecule has 0 fully saturated rings. The second kappa shape index (κ2) is 5.24. The van der Waals surface area contributed by atoms with Crippen LogP contribution in [0.2, 0.25) is 0 Å². The molecule has 0 aromatic heterocycles. The molecule has 0 spiro atoms. The molecule has 1 aromatic rings. The van der Waals surface area contributed by atoms with Crippen molar-refractivity contribution in [2.45, 2.75) is 33.0 Å². The largest absolute Gasteiger partial charge is 0.386 e. The molecule has 0 heterocycles. The monoisotopic (exact) mass is 212 g/mol. The summed E-state index contributed by atoms with van der Waals surface area (Å²) in [6.45, 7) is 5.96. The SMILES string of the molecule is CCOC(C)C(O)c1cc(C)cc(F)c1. The van der Waals surface area contributed by atoms with Gasteiger partial charge in [0.2, 0.25) is 0 Å². The summed E-state index contributed by atoms with van der Waals surface area (Å²) in [6, 6.07) is 4.54. The van der Waals surface area contributed by atoms with Gasteiger partial charge in [-0.1, -0.05) is 6.07 Å². The van der Waals surface area contributed by atoms with Crippen molar-refractivity contribution in [1.29, 1.82) is 0 Å². The number of halogens is 1. The van der Waals surface area contributed by atoms with Gasteiger partial charge in [-0.25, -0.2) is 4.39 Å². The molecule has 2 atom stereocenters. The highest BCUT2D eigenvalue weighted by atomic mass is 19.1. The number of benzene rings is 1. The maximum atomic E-state index is 13.1. The Kier molecular flexibility index (Phi) is 4.24. The predicted molar refractivity (Wildman–Crippen MR) is 57.2 cm³/mol. The number of rotatable bonds is 4. The quantitative estimate of drug-likeness (QED) is 0.831. The van der Waals surface area contributed by atoms with E-state index in [0.717, 1.165) is 5.56 Å². The maximum Gasteiger partial charge on any atom is 0.123 e. The van der Waals surface area contributed by atoms with E-state index in [9.17, 15) is 9.50 Å². The second-order valence-corrected chi connectivity index (χ2v) is 3.67. The number of ether oxygens (including phenoxy) is 1. The Morgan fingerprint density at radius 2 is 2.07 bits per heavy atom. The number of aliphatic hydroxyl groups excluding tert-OH is 1. The molecule has 3 heteroatoms. The normalized spacial score (nSPS) is 15.0. The fourth-order valence-corrected chi connectivity index (χ4v) is 1.56. The second-order valence-electron chi connectivity index (χ2n) is 3.67. The third-order valence-corrected chi connectivity index (χ3v) is 2.28. The molecule has 0 saturated heterocycles. The molecule has 0 bridgehead atoms. The lowest BCUT2D eigenvalue weighted by molar-refractivity contribution is -0.0228. The van der Waals surface area contributed by atoms with Crippen LogP contribution in [0.3, 0.4) is 0 Å². The summed E-state index contributed by atoms with van der Waals surface area (Å²) in [5, 5.41) is 9.88. The zero-order valence-corrected chi connectivity index (χ0v) is 9.33. The van der Waals surface area contributed by atoms with Crippen LogP contribution in [0.1, 0.15) is 31.1 Å².